The summed E-state index contributed by atoms with van der Waals surface area (Å²) in [6, 6.07) is 5.76. The number of alkyl halides is 3. The van der Waals surface area contributed by atoms with Gasteiger partial charge in [0.25, 0.3) is 0 Å². The number of ether oxygens (including phenoxy) is 1. The number of Topliss-reactive ketones (excluding diaryl/α,β-unsaturated/α-hetero) is 1. The van der Waals surface area contributed by atoms with Gasteiger partial charge in [-0.2, -0.15) is 13.2 Å². The Morgan fingerprint density at radius 3 is 2.40 bits per heavy atom. The highest BCUT2D eigenvalue weighted by atomic mass is 19.4. The van der Waals surface area contributed by atoms with Crippen molar-refractivity contribution < 1.29 is 22.7 Å². The Balaban J connectivity index is 2.40. The molecule has 0 aromatic heterocycles. The number of halogens is 3. The summed E-state index contributed by atoms with van der Waals surface area (Å²) in [4.78, 5) is 11.7. The minimum atomic E-state index is -4.50. The number of benzene rings is 2. The van der Waals surface area contributed by atoms with Gasteiger partial charge in [0, 0.05) is 12.0 Å². The van der Waals surface area contributed by atoms with Crippen molar-refractivity contribution in [2.45, 2.75) is 19.0 Å². The highest BCUT2D eigenvalue weighted by Gasteiger charge is 2.37. The van der Waals surface area contributed by atoms with Gasteiger partial charge in [-0.3, -0.25) is 4.79 Å². The highest BCUT2D eigenvalue weighted by molar-refractivity contribution is 6.06. The molecule has 2 nitrogen and oxygen atoms in total. The summed E-state index contributed by atoms with van der Waals surface area (Å²) in [5.41, 5.74) is 0.469. The summed E-state index contributed by atoms with van der Waals surface area (Å²) in [6.07, 6.45) is -3.64. The average molecular weight is 280 g/mol. The summed E-state index contributed by atoms with van der Waals surface area (Å²) in [6.45, 7) is 0. The van der Waals surface area contributed by atoms with E-state index in [2.05, 4.69) is 0 Å². The number of carbonyl (C=O) groups excluding carboxylic acids is 1. The van der Waals surface area contributed by atoms with E-state index in [1.807, 2.05) is 0 Å². The molecule has 5 heteroatoms. The molecule has 3 rings (SSSR count). The van der Waals surface area contributed by atoms with E-state index in [0.29, 0.717) is 29.4 Å². The molecule has 0 heterocycles. The molecule has 0 saturated carbocycles. The third-order valence-corrected chi connectivity index (χ3v) is 3.68. The molecular weight excluding hydrogens is 269 g/mol. The first-order valence-corrected chi connectivity index (χ1v) is 6.16. The fourth-order valence-electron chi connectivity index (χ4n) is 2.81. The summed E-state index contributed by atoms with van der Waals surface area (Å²) in [5.74, 6) is -0.208. The van der Waals surface area contributed by atoms with E-state index in [9.17, 15) is 18.0 Å². The molecule has 20 heavy (non-hydrogen) atoms. The Kier molecular flexibility index (Phi) is 2.74. The molecule has 0 unspecified atom stereocenters. The lowest BCUT2D eigenvalue weighted by atomic mass is 9.96. The van der Waals surface area contributed by atoms with Crippen LogP contribution in [-0.2, 0) is 12.6 Å². The molecule has 0 radical (unpaired) electrons. The number of hydrogen-bond donors (Lipinski definition) is 0. The smallest absolute Gasteiger partial charge is 0.420 e. The van der Waals surface area contributed by atoms with E-state index in [4.69, 9.17) is 4.74 Å². The second-order valence-corrected chi connectivity index (χ2v) is 4.75. The number of ketones is 1. The molecule has 0 fully saturated rings. The van der Waals surface area contributed by atoms with Gasteiger partial charge in [-0.1, -0.05) is 18.2 Å². The SMILES string of the molecule is COc1ccc2c3c(ccc2c1C(F)(F)F)C(=O)CC3. The Bertz CT molecular complexity index is 717. The maximum Gasteiger partial charge on any atom is 0.420 e. The number of rotatable bonds is 1. The van der Waals surface area contributed by atoms with Crippen LogP contribution in [0.15, 0.2) is 24.3 Å². The van der Waals surface area contributed by atoms with Gasteiger partial charge in [-0.15, -0.1) is 0 Å². The highest BCUT2D eigenvalue weighted by Crippen LogP contribution is 2.43. The van der Waals surface area contributed by atoms with E-state index < -0.39 is 11.7 Å². The van der Waals surface area contributed by atoms with Crippen LogP contribution < -0.4 is 4.74 Å². The normalized spacial score (nSPS) is 14.7. The van der Waals surface area contributed by atoms with Crippen LogP contribution in [0.2, 0.25) is 0 Å². The zero-order valence-corrected chi connectivity index (χ0v) is 10.7. The predicted molar refractivity (Wildman–Crippen MR) is 68.2 cm³/mol. The van der Waals surface area contributed by atoms with Gasteiger partial charge >= 0.3 is 6.18 Å². The molecule has 0 aliphatic heterocycles. The van der Waals surface area contributed by atoms with Crippen molar-refractivity contribution in [2.75, 3.05) is 7.11 Å². The molecule has 0 saturated heterocycles. The zero-order valence-electron chi connectivity index (χ0n) is 10.7. The fraction of sp³-hybridized carbons (Fsp3) is 0.267. The van der Waals surface area contributed by atoms with Crippen LogP contribution in [0.3, 0.4) is 0 Å². The van der Waals surface area contributed by atoms with Crippen molar-refractivity contribution in [3.8, 4) is 5.75 Å². The average Bonchev–Trinajstić information content (AvgIpc) is 2.78. The molecule has 2 aromatic carbocycles. The van der Waals surface area contributed by atoms with Crippen LogP contribution in [0.1, 0.15) is 27.9 Å². The lowest BCUT2D eigenvalue weighted by molar-refractivity contribution is -0.137. The molecule has 0 atom stereocenters. The summed E-state index contributed by atoms with van der Waals surface area (Å²) in [7, 11) is 1.22. The third kappa shape index (κ3) is 1.77. The predicted octanol–water partition coefficient (Wildman–Crippen LogP) is 4.00. The largest absolute Gasteiger partial charge is 0.496 e. The maximum atomic E-state index is 13.2. The number of hydrogen-bond acceptors (Lipinski definition) is 2. The van der Waals surface area contributed by atoms with Gasteiger partial charge in [-0.25, -0.2) is 0 Å². The van der Waals surface area contributed by atoms with Gasteiger partial charge < -0.3 is 4.74 Å². The number of methoxy groups -OCH3 is 1. The molecule has 1 aliphatic rings. The minimum Gasteiger partial charge on any atom is -0.496 e. The number of carbonyl (C=O) groups is 1. The maximum absolute atomic E-state index is 13.2. The Hall–Kier alpha value is -2.04. The summed E-state index contributed by atoms with van der Waals surface area (Å²) in [5, 5.41) is 0.576. The van der Waals surface area contributed by atoms with Crippen molar-refractivity contribution in [2.24, 2.45) is 0 Å². The molecule has 1 aliphatic carbocycles. The standard InChI is InChI=1S/C15H11F3O2/c1-20-13-7-5-9-8-4-6-12(19)10(8)2-3-11(9)14(13)15(16,17)18/h2-3,5,7H,4,6H2,1H3. The van der Waals surface area contributed by atoms with Crippen LogP contribution >= 0.6 is 0 Å². The molecule has 0 spiro atoms. The van der Waals surface area contributed by atoms with Crippen molar-refractivity contribution in [1.29, 1.82) is 0 Å². The van der Waals surface area contributed by atoms with Crippen molar-refractivity contribution in [3.63, 3.8) is 0 Å². The Morgan fingerprint density at radius 1 is 1.05 bits per heavy atom. The van der Waals surface area contributed by atoms with Gasteiger partial charge in [-0.05, 0) is 28.8 Å². The molecule has 0 bridgehead atoms. The Morgan fingerprint density at radius 2 is 1.75 bits per heavy atom. The van der Waals surface area contributed by atoms with Crippen LogP contribution in [0.25, 0.3) is 10.8 Å². The lowest BCUT2D eigenvalue weighted by Crippen LogP contribution is -2.09. The first-order chi connectivity index (χ1) is 9.43. The topological polar surface area (TPSA) is 26.3 Å². The van der Waals surface area contributed by atoms with E-state index in [1.54, 1.807) is 6.07 Å². The summed E-state index contributed by atoms with van der Waals surface area (Å²) < 4.78 is 44.6. The van der Waals surface area contributed by atoms with E-state index in [-0.39, 0.29) is 16.9 Å². The van der Waals surface area contributed by atoms with Crippen LogP contribution in [0, 0.1) is 0 Å². The monoisotopic (exact) mass is 280 g/mol. The van der Waals surface area contributed by atoms with Crippen molar-refractivity contribution in [1.82, 2.24) is 0 Å². The van der Waals surface area contributed by atoms with Crippen molar-refractivity contribution >= 4 is 16.6 Å². The number of aryl methyl sites for hydroxylation is 1. The number of fused-ring (bicyclic) bond motifs is 3. The summed E-state index contributed by atoms with van der Waals surface area (Å²) >= 11 is 0. The fourth-order valence-corrected chi connectivity index (χ4v) is 2.81. The van der Waals surface area contributed by atoms with E-state index in [0.717, 1.165) is 0 Å². The molecule has 2 aromatic rings. The van der Waals surface area contributed by atoms with Gasteiger partial charge in [0.05, 0.1) is 7.11 Å². The van der Waals surface area contributed by atoms with Crippen molar-refractivity contribution in [3.05, 3.63) is 41.0 Å². The first-order valence-electron chi connectivity index (χ1n) is 6.16. The zero-order chi connectivity index (χ0) is 14.5. The second kappa shape index (κ2) is 4.23. The van der Waals surface area contributed by atoms with E-state index >= 15 is 0 Å². The molecular formula is C15H11F3O2. The van der Waals surface area contributed by atoms with Gasteiger partial charge in [0.2, 0.25) is 0 Å². The minimum absolute atomic E-state index is 0.00808. The molecule has 104 valence electrons. The first kappa shape index (κ1) is 13.0. The third-order valence-electron chi connectivity index (χ3n) is 3.68. The van der Waals surface area contributed by atoms with Crippen LogP contribution in [-0.4, -0.2) is 12.9 Å². The van der Waals surface area contributed by atoms with Crippen LogP contribution in [0.4, 0.5) is 13.2 Å². The second-order valence-electron chi connectivity index (χ2n) is 4.75. The molecule has 0 N–H and O–H groups in total. The van der Waals surface area contributed by atoms with E-state index in [1.165, 1.54) is 25.3 Å². The van der Waals surface area contributed by atoms with Crippen LogP contribution in [0.5, 0.6) is 5.75 Å². The molecule has 0 amide bonds. The van der Waals surface area contributed by atoms with Gasteiger partial charge in [0.15, 0.2) is 5.78 Å². The lowest BCUT2D eigenvalue weighted by Gasteiger charge is -2.16. The Labute approximate surface area is 113 Å². The quantitative estimate of drug-likeness (QED) is 0.789. The van der Waals surface area contributed by atoms with Gasteiger partial charge in [0.1, 0.15) is 11.3 Å².